The molecule has 1 aliphatic carbocycles. The highest BCUT2D eigenvalue weighted by atomic mass is 32.2. The normalized spacial score (nSPS) is 18.6. The van der Waals surface area contributed by atoms with Crippen LogP contribution in [0.3, 0.4) is 0 Å². The van der Waals surface area contributed by atoms with Crippen molar-refractivity contribution < 1.29 is 27.9 Å². The van der Waals surface area contributed by atoms with E-state index < -0.39 is 39.1 Å². The fraction of sp³-hybridized carbons (Fsp3) is 0.364. The molecular formula is C33H41N5O6S. The zero-order valence-corrected chi connectivity index (χ0v) is 26.8. The molecule has 0 bridgehead atoms. The molecule has 2 aliphatic rings. The molecule has 2 aromatic rings. The van der Waals surface area contributed by atoms with E-state index in [1.54, 1.807) is 63.4 Å². The molecule has 0 spiro atoms. The Morgan fingerprint density at radius 2 is 1.84 bits per heavy atom. The minimum atomic E-state index is -3.64. The Morgan fingerprint density at radius 3 is 2.51 bits per heavy atom. The van der Waals surface area contributed by atoms with Crippen LogP contribution in [-0.2, 0) is 32.5 Å². The zero-order valence-electron chi connectivity index (χ0n) is 26.0. The number of hydrogen-bond donors (Lipinski definition) is 5. The Labute approximate surface area is 264 Å². The van der Waals surface area contributed by atoms with Crippen LogP contribution < -0.4 is 21.1 Å². The smallest absolute Gasteiger partial charge is 0.413 e. The van der Waals surface area contributed by atoms with Crippen molar-refractivity contribution in [1.82, 2.24) is 15.4 Å². The van der Waals surface area contributed by atoms with Gasteiger partial charge in [0.15, 0.2) is 6.04 Å². The molecule has 11 nitrogen and oxygen atoms in total. The minimum absolute atomic E-state index is 0.181. The number of rotatable bonds is 12. The van der Waals surface area contributed by atoms with Gasteiger partial charge in [-0.25, -0.2) is 27.7 Å². The first-order valence-electron chi connectivity index (χ1n) is 14.7. The molecule has 1 aliphatic heterocycles. The summed E-state index contributed by atoms with van der Waals surface area (Å²) in [6, 6.07) is 12.8. The Hall–Kier alpha value is -4.26. The molecule has 45 heavy (non-hydrogen) atoms. The number of nitrogens with one attached hydrogen (secondary N) is 3. The number of benzene rings is 2. The summed E-state index contributed by atoms with van der Waals surface area (Å²) in [4.78, 5) is 29.2. The third kappa shape index (κ3) is 8.90. The number of allylic oxidation sites excluding steroid dienone is 4. The van der Waals surface area contributed by atoms with E-state index in [-0.39, 0.29) is 18.0 Å². The molecule has 2 unspecified atom stereocenters. The number of amides is 1. The molecule has 4 rings (SSSR count). The number of carbonyl (C=O) groups is 2. The summed E-state index contributed by atoms with van der Waals surface area (Å²) in [5, 5.41) is 15.9. The predicted octanol–water partition coefficient (Wildman–Crippen LogP) is 4.44. The van der Waals surface area contributed by atoms with Crippen molar-refractivity contribution in [3.8, 4) is 0 Å². The summed E-state index contributed by atoms with van der Waals surface area (Å²) in [7, 11) is -3.64. The minimum Gasteiger partial charge on any atom is -0.479 e. The first-order chi connectivity index (χ1) is 21.2. The molecule has 0 fully saturated rings. The molecule has 0 aromatic heterocycles. The van der Waals surface area contributed by atoms with Crippen molar-refractivity contribution in [3.05, 3.63) is 101 Å². The maximum Gasteiger partial charge on any atom is 0.413 e. The number of aliphatic carboxylic acids is 1. The number of alkyl carbamates (subject to hydrolysis) is 1. The average molecular weight is 636 g/mol. The molecule has 12 heteroatoms. The van der Waals surface area contributed by atoms with Crippen LogP contribution >= 0.6 is 0 Å². The Kier molecular flexibility index (Phi) is 10.3. The van der Waals surface area contributed by atoms with E-state index in [4.69, 9.17) is 10.5 Å². The van der Waals surface area contributed by atoms with Crippen molar-refractivity contribution in [1.29, 1.82) is 0 Å². The number of carboxylic acid groups (broad SMARTS) is 1. The molecule has 1 heterocycles. The molecule has 2 atom stereocenters. The molecular weight excluding hydrogens is 594 g/mol. The fourth-order valence-electron chi connectivity index (χ4n) is 5.09. The maximum absolute atomic E-state index is 12.6. The third-order valence-corrected chi connectivity index (χ3v) is 8.84. The molecule has 0 saturated heterocycles. The lowest BCUT2D eigenvalue weighted by Crippen LogP contribution is -2.36. The van der Waals surface area contributed by atoms with Crippen LogP contribution in [0, 0.1) is 5.41 Å². The molecule has 240 valence electrons. The van der Waals surface area contributed by atoms with Gasteiger partial charge >= 0.3 is 12.1 Å². The van der Waals surface area contributed by atoms with E-state index in [0.717, 1.165) is 16.7 Å². The van der Waals surface area contributed by atoms with Gasteiger partial charge in [-0.15, -0.1) is 0 Å². The summed E-state index contributed by atoms with van der Waals surface area (Å²) in [6.07, 6.45) is 8.42. The van der Waals surface area contributed by atoms with Crippen molar-refractivity contribution in [2.75, 3.05) is 6.54 Å². The van der Waals surface area contributed by atoms with Crippen LogP contribution in [0.1, 0.15) is 63.3 Å². The lowest BCUT2D eigenvalue weighted by atomic mass is 9.74. The van der Waals surface area contributed by atoms with Crippen LogP contribution in [0.4, 0.5) is 4.79 Å². The molecule has 6 N–H and O–H groups in total. The van der Waals surface area contributed by atoms with Gasteiger partial charge in [0.05, 0.1) is 4.90 Å². The van der Waals surface area contributed by atoms with Gasteiger partial charge in [-0.1, -0.05) is 55.5 Å². The summed E-state index contributed by atoms with van der Waals surface area (Å²) < 4.78 is 33.2. The lowest BCUT2D eigenvalue weighted by Gasteiger charge is -2.34. The number of aryl methyl sites for hydroxylation is 1. The van der Waals surface area contributed by atoms with Gasteiger partial charge < -0.3 is 20.9 Å². The van der Waals surface area contributed by atoms with E-state index in [9.17, 15) is 23.1 Å². The topological polar surface area (TPSA) is 172 Å². The van der Waals surface area contributed by atoms with Gasteiger partial charge in [-0.3, -0.25) is 5.32 Å². The zero-order chi connectivity index (χ0) is 32.8. The highest BCUT2D eigenvalue weighted by Crippen LogP contribution is 2.41. The number of sulfonamides is 1. The number of hydrogen-bond acceptors (Lipinski definition) is 8. The van der Waals surface area contributed by atoms with E-state index in [1.165, 1.54) is 6.07 Å². The van der Waals surface area contributed by atoms with Crippen molar-refractivity contribution in [2.45, 2.75) is 70.0 Å². The number of ether oxygens (including phenoxy) is 1. The van der Waals surface area contributed by atoms with Gasteiger partial charge in [0.1, 0.15) is 11.4 Å². The first-order valence-corrected chi connectivity index (χ1v) is 16.2. The standard InChI is InChI=1S/C33H41N5O6S/c1-32(2,3)44-31(41)38-29-27-15-14-25(20-33(27,4)16-18-35-29)37-28(30(39)40)24-12-10-22(11-13-24)8-6-17-36-45(42,43)26-9-5-7-23(19-26)21-34/h5,7,9-15,18-20,28,36-37H,6,8,16-17,21,34H2,1-4H3,(H,38,41)(H,39,40). The number of nitrogens with two attached hydrogens (primary N) is 1. The van der Waals surface area contributed by atoms with E-state index in [0.29, 0.717) is 36.3 Å². The van der Waals surface area contributed by atoms with E-state index in [1.807, 2.05) is 31.2 Å². The fourth-order valence-corrected chi connectivity index (χ4v) is 6.23. The Bertz CT molecular complexity index is 1650. The Balaban J connectivity index is 1.37. The number of carbonyl (C=O) groups excluding carboxylic acids is 1. The summed E-state index contributed by atoms with van der Waals surface area (Å²) in [5.41, 5.74) is 8.15. The van der Waals surface area contributed by atoms with Crippen LogP contribution in [0.5, 0.6) is 0 Å². The molecule has 0 saturated carbocycles. The van der Waals surface area contributed by atoms with E-state index in [2.05, 4.69) is 20.3 Å². The highest BCUT2D eigenvalue weighted by Gasteiger charge is 2.34. The van der Waals surface area contributed by atoms with Gasteiger partial charge in [0.25, 0.3) is 0 Å². The second kappa shape index (κ2) is 13.8. The Morgan fingerprint density at radius 1 is 1.11 bits per heavy atom. The van der Waals surface area contributed by atoms with Crippen LogP contribution in [0.2, 0.25) is 0 Å². The first kappa shape index (κ1) is 33.6. The monoisotopic (exact) mass is 635 g/mol. The average Bonchev–Trinajstić information content (AvgIpc) is 2.97. The molecule has 0 radical (unpaired) electrons. The third-order valence-electron chi connectivity index (χ3n) is 7.38. The highest BCUT2D eigenvalue weighted by molar-refractivity contribution is 7.89. The quantitative estimate of drug-likeness (QED) is 0.213. The largest absolute Gasteiger partial charge is 0.479 e. The number of aliphatic imine (C=N–C) groups is 1. The van der Waals surface area contributed by atoms with Crippen molar-refractivity contribution >= 4 is 28.3 Å². The second-order valence-electron chi connectivity index (χ2n) is 12.3. The summed E-state index contributed by atoms with van der Waals surface area (Å²) >= 11 is 0. The summed E-state index contributed by atoms with van der Waals surface area (Å²) in [5.74, 6) is -0.641. The van der Waals surface area contributed by atoms with Gasteiger partial charge in [0.2, 0.25) is 10.0 Å². The van der Waals surface area contributed by atoms with Gasteiger partial charge in [0, 0.05) is 36.0 Å². The van der Waals surface area contributed by atoms with Crippen LogP contribution in [-0.4, -0.2) is 43.9 Å². The maximum atomic E-state index is 12.6. The van der Waals surface area contributed by atoms with Crippen molar-refractivity contribution in [2.24, 2.45) is 16.1 Å². The number of fused-ring (bicyclic) bond motifs is 1. The van der Waals surface area contributed by atoms with Crippen LogP contribution in [0.15, 0.2) is 93.7 Å². The second-order valence-corrected chi connectivity index (χ2v) is 14.0. The van der Waals surface area contributed by atoms with E-state index >= 15 is 0 Å². The summed E-state index contributed by atoms with van der Waals surface area (Å²) in [6.45, 7) is 7.86. The SMILES string of the molecule is CC(C)(C)OC(=O)NC1=C2C=CC(NC(C(=O)O)c3ccc(CCCNS(=O)(=O)c4cccc(CN)c4)cc3)=CC2(C)CC=N1. The predicted molar refractivity (Wildman–Crippen MR) is 173 cm³/mol. The number of nitrogens with zero attached hydrogens (tertiary/aromatic N) is 1. The van der Waals surface area contributed by atoms with Gasteiger partial charge in [-0.05, 0) is 74.9 Å². The van der Waals surface area contributed by atoms with Crippen LogP contribution in [0.25, 0.3) is 0 Å². The molecule has 2 aromatic carbocycles. The molecule has 1 amide bonds. The lowest BCUT2D eigenvalue weighted by molar-refractivity contribution is -0.139. The van der Waals surface area contributed by atoms with Gasteiger partial charge in [-0.2, -0.15) is 0 Å². The van der Waals surface area contributed by atoms with Crippen molar-refractivity contribution in [3.63, 3.8) is 0 Å². The number of carboxylic acids is 1.